The van der Waals surface area contributed by atoms with Crippen molar-refractivity contribution in [2.24, 2.45) is 0 Å². The van der Waals surface area contributed by atoms with Crippen LogP contribution in [0.3, 0.4) is 0 Å². The number of anilines is 1. The summed E-state index contributed by atoms with van der Waals surface area (Å²) in [6.07, 6.45) is 1.18. The molecule has 2 aromatic carbocycles. The molecule has 1 N–H and O–H groups in total. The van der Waals surface area contributed by atoms with E-state index in [9.17, 15) is 12.8 Å². The van der Waals surface area contributed by atoms with Crippen LogP contribution in [0.5, 0.6) is 0 Å². The van der Waals surface area contributed by atoms with Crippen LogP contribution in [0.15, 0.2) is 47.4 Å². The second kappa shape index (κ2) is 5.66. The topological polar surface area (TPSA) is 59.1 Å². The first-order valence-corrected chi connectivity index (χ1v) is 9.21. The van der Waals surface area contributed by atoms with Gasteiger partial charge in [-0.3, -0.25) is 0 Å². The highest BCUT2D eigenvalue weighted by Crippen LogP contribution is 2.28. The third kappa shape index (κ3) is 3.26. The van der Waals surface area contributed by atoms with E-state index in [2.05, 4.69) is 10.3 Å². The summed E-state index contributed by atoms with van der Waals surface area (Å²) < 4.78 is 36.8. The summed E-state index contributed by atoms with van der Waals surface area (Å²) in [4.78, 5) is 4.69. The van der Waals surface area contributed by atoms with E-state index in [4.69, 9.17) is 0 Å². The Kier molecular flexibility index (Phi) is 3.84. The molecule has 0 bridgehead atoms. The molecule has 0 aliphatic carbocycles. The largest absolute Gasteiger partial charge is 0.357 e. The summed E-state index contributed by atoms with van der Waals surface area (Å²) in [5.41, 5.74) is 1.69. The predicted octanol–water partition coefficient (Wildman–Crippen LogP) is 3.45. The van der Waals surface area contributed by atoms with Crippen molar-refractivity contribution in [3.05, 3.63) is 53.8 Å². The quantitative estimate of drug-likeness (QED) is 0.793. The fourth-order valence-corrected chi connectivity index (χ4v) is 3.61. The summed E-state index contributed by atoms with van der Waals surface area (Å²) >= 11 is 1.39. The first kappa shape index (κ1) is 14.9. The first-order valence-electron chi connectivity index (χ1n) is 6.51. The lowest BCUT2D eigenvalue weighted by Crippen LogP contribution is -1.98. The number of halogens is 1. The fraction of sp³-hybridized carbons (Fsp3) is 0.133. The van der Waals surface area contributed by atoms with E-state index in [1.807, 2.05) is 0 Å². The van der Waals surface area contributed by atoms with Gasteiger partial charge in [0, 0.05) is 12.8 Å². The van der Waals surface area contributed by atoms with Crippen molar-refractivity contribution in [1.29, 1.82) is 0 Å². The van der Waals surface area contributed by atoms with Crippen molar-refractivity contribution in [2.45, 2.75) is 11.4 Å². The second-order valence-corrected chi connectivity index (χ2v) is 7.95. The highest BCUT2D eigenvalue weighted by molar-refractivity contribution is 7.90. The van der Waals surface area contributed by atoms with Crippen molar-refractivity contribution in [2.75, 3.05) is 11.6 Å². The van der Waals surface area contributed by atoms with Gasteiger partial charge in [-0.15, -0.1) is 0 Å². The Hall–Kier alpha value is -1.99. The minimum Gasteiger partial charge on any atom is -0.357 e. The molecule has 0 saturated carbocycles. The van der Waals surface area contributed by atoms with E-state index in [1.165, 1.54) is 29.7 Å². The van der Waals surface area contributed by atoms with E-state index >= 15 is 0 Å². The molecule has 3 rings (SSSR count). The minimum absolute atomic E-state index is 0.267. The zero-order valence-corrected chi connectivity index (χ0v) is 13.3. The molecule has 22 heavy (non-hydrogen) atoms. The van der Waals surface area contributed by atoms with Gasteiger partial charge in [0.15, 0.2) is 15.0 Å². The van der Waals surface area contributed by atoms with Crippen LogP contribution >= 0.6 is 11.3 Å². The number of hydrogen-bond donors (Lipinski definition) is 1. The molecule has 0 radical (unpaired) electrons. The number of fused-ring (bicyclic) bond motifs is 1. The molecule has 1 aromatic heterocycles. The minimum atomic E-state index is -3.22. The average molecular weight is 336 g/mol. The van der Waals surface area contributed by atoms with Gasteiger partial charge in [0.05, 0.1) is 15.1 Å². The van der Waals surface area contributed by atoms with E-state index in [-0.39, 0.29) is 10.7 Å². The molecular weight excluding hydrogens is 323 g/mol. The molecule has 0 spiro atoms. The van der Waals surface area contributed by atoms with Gasteiger partial charge in [0.1, 0.15) is 5.82 Å². The lowest BCUT2D eigenvalue weighted by molar-refractivity contribution is 0.602. The third-order valence-electron chi connectivity index (χ3n) is 3.15. The van der Waals surface area contributed by atoms with E-state index < -0.39 is 9.84 Å². The average Bonchev–Trinajstić information content (AvgIpc) is 2.87. The molecular formula is C15H13FN2O2S2. The van der Waals surface area contributed by atoms with Gasteiger partial charge in [-0.1, -0.05) is 23.5 Å². The SMILES string of the molecule is CS(=O)(=O)c1ccc2nc(NCc3ccc(F)cc3)sc2c1. The van der Waals surface area contributed by atoms with E-state index in [0.29, 0.717) is 11.7 Å². The Morgan fingerprint density at radius 3 is 2.59 bits per heavy atom. The van der Waals surface area contributed by atoms with E-state index in [0.717, 1.165) is 15.8 Å². The maximum atomic E-state index is 12.8. The Balaban J connectivity index is 1.81. The van der Waals surface area contributed by atoms with Crippen LogP contribution in [0.2, 0.25) is 0 Å². The maximum absolute atomic E-state index is 12.8. The second-order valence-electron chi connectivity index (χ2n) is 4.90. The zero-order valence-electron chi connectivity index (χ0n) is 11.7. The molecule has 0 saturated heterocycles. The summed E-state index contributed by atoms with van der Waals surface area (Å²) in [7, 11) is -3.22. The third-order valence-corrected chi connectivity index (χ3v) is 5.23. The Morgan fingerprint density at radius 1 is 1.18 bits per heavy atom. The summed E-state index contributed by atoms with van der Waals surface area (Å²) in [6.45, 7) is 0.527. The fourth-order valence-electron chi connectivity index (χ4n) is 1.99. The summed E-state index contributed by atoms with van der Waals surface area (Å²) in [6, 6.07) is 11.1. The number of thiazole rings is 1. The molecule has 4 nitrogen and oxygen atoms in total. The lowest BCUT2D eigenvalue weighted by Gasteiger charge is -2.02. The molecule has 0 fully saturated rings. The monoisotopic (exact) mass is 336 g/mol. The van der Waals surface area contributed by atoms with Gasteiger partial charge in [0.2, 0.25) is 0 Å². The number of hydrogen-bond acceptors (Lipinski definition) is 5. The van der Waals surface area contributed by atoms with Gasteiger partial charge in [-0.05, 0) is 35.9 Å². The number of aromatic nitrogens is 1. The normalized spacial score (nSPS) is 11.7. The smallest absolute Gasteiger partial charge is 0.184 e. The number of benzene rings is 2. The number of sulfone groups is 1. The van der Waals surface area contributed by atoms with Crippen molar-refractivity contribution in [3.63, 3.8) is 0 Å². The van der Waals surface area contributed by atoms with Crippen LogP contribution in [-0.4, -0.2) is 19.7 Å². The molecule has 1 heterocycles. The van der Waals surface area contributed by atoms with Crippen molar-refractivity contribution >= 4 is 36.5 Å². The van der Waals surface area contributed by atoms with Crippen LogP contribution in [0.1, 0.15) is 5.56 Å². The predicted molar refractivity (Wildman–Crippen MR) is 86.5 cm³/mol. The Morgan fingerprint density at radius 2 is 1.91 bits per heavy atom. The molecule has 0 aliphatic rings. The van der Waals surface area contributed by atoms with Gasteiger partial charge in [-0.2, -0.15) is 0 Å². The molecule has 114 valence electrons. The van der Waals surface area contributed by atoms with Gasteiger partial charge in [-0.25, -0.2) is 17.8 Å². The highest BCUT2D eigenvalue weighted by atomic mass is 32.2. The highest BCUT2D eigenvalue weighted by Gasteiger charge is 2.10. The number of rotatable bonds is 4. The van der Waals surface area contributed by atoms with Crippen molar-refractivity contribution < 1.29 is 12.8 Å². The first-order chi connectivity index (χ1) is 10.4. The molecule has 0 amide bonds. The standard InChI is InChI=1S/C15H13FN2O2S2/c1-22(19,20)12-6-7-13-14(8-12)21-15(18-13)17-9-10-2-4-11(16)5-3-10/h2-8H,9H2,1H3,(H,17,18). The van der Waals surface area contributed by atoms with Crippen LogP contribution in [0, 0.1) is 5.82 Å². The van der Waals surface area contributed by atoms with Crippen LogP contribution in [0.25, 0.3) is 10.2 Å². The van der Waals surface area contributed by atoms with Crippen molar-refractivity contribution in [3.8, 4) is 0 Å². The Bertz CT molecular complexity index is 918. The van der Waals surface area contributed by atoms with Crippen LogP contribution in [0.4, 0.5) is 9.52 Å². The molecule has 0 aliphatic heterocycles. The van der Waals surface area contributed by atoms with Crippen LogP contribution < -0.4 is 5.32 Å². The summed E-state index contributed by atoms with van der Waals surface area (Å²) in [5, 5.41) is 3.86. The molecule has 0 atom stereocenters. The number of nitrogens with one attached hydrogen (secondary N) is 1. The van der Waals surface area contributed by atoms with Gasteiger partial charge < -0.3 is 5.32 Å². The Labute approximate surface area is 131 Å². The maximum Gasteiger partial charge on any atom is 0.184 e. The molecule has 3 aromatic rings. The zero-order chi connectivity index (χ0) is 15.7. The number of nitrogens with zero attached hydrogens (tertiary/aromatic N) is 1. The summed E-state index contributed by atoms with van der Waals surface area (Å²) in [5.74, 6) is -0.267. The molecule has 0 unspecified atom stereocenters. The molecule has 7 heteroatoms. The van der Waals surface area contributed by atoms with E-state index in [1.54, 1.807) is 30.3 Å². The lowest BCUT2D eigenvalue weighted by atomic mass is 10.2. The van der Waals surface area contributed by atoms with Gasteiger partial charge >= 0.3 is 0 Å². The van der Waals surface area contributed by atoms with Crippen molar-refractivity contribution in [1.82, 2.24) is 4.98 Å². The van der Waals surface area contributed by atoms with Gasteiger partial charge in [0.25, 0.3) is 0 Å². The van der Waals surface area contributed by atoms with Crippen LogP contribution in [-0.2, 0) is 16.4 Å².